The molecule has 0 aromatic rings. The molecule has 0 aliphatic carbocycles. The zero-order valence-electron chi connectivity index (χ0n) is 46.0. The molecule has 0 aromatic heterocycles. The van der Waals surface area contributed by atoms with Crippen LogP contribution in [0.3, 0.4) is 0 Å². The van der Waals surface area contributed by atoms with E-state index in [1.54, 1.807) is 6.08 Å². The van der Waals surface area contributed by atoms with Crippen LogP contribution in [0, 0.1) is 0 Å². The Morgan fingerprint density at radius 1 is 0.357 bits per heavy atom. The van der Waals surface area contributed by atoms with Gasteiger partial charge in [-0.1, -0.05) is 283 Å². The lowest BCUT2D eigenvalue weighted by atomic mass is 10.0. The van der Waals surface area contributed by atoms with E-state index in [4.69, 9.17) is 0 Å². The molecule has 1 amide bonds. The monoisotopic (exact) mass is 968 g/mol. The van der Waals surface area contributed by atoms with E-state index in [9.17, 15) is 15.0 Å². The summed E-state index contributed by atoms with van der Waals surface area (Å²) in [6.07, 6.45) is 92.3. The van der Waals surface area contributed by atoms with Crippen molar-refractivity contribution in [2.75, 3.05) is 6.61 Å². The van der Waals surface area contributed by atoms with Crippen molar-refractivity contribution in [3.05, 3.63) is 122 Å². The molecule has 70 heavy (non-hydrogen) atoms. The molecule has 0 spiro atoms. The van der Waals surface area contributed by atoms with Gasteiger partial charge >= 0.3 is 0 Å². The number of hydrogen-bond donors (Lipinski definition) is 3. The van der Waals surface area contributed by atoms with Crippen LogP contribution < -0.4 is 5.32 Å². The molecule has 0 fully saturated rings. The second kappa shape index (κ2) is 60.1. The van der Waals surface area contributed by atoms with E-state index in [2.05, 4.69) is 129 Å². The minimum Gasteiger partial charge on any atom is -0.394 e. The van der Waals surface area contributed by atoms with Gasteiger partial charge in [0.25, 0.3) is 0 Å². The fourth-order valence-corrected chi connectivity index (χ4v) is 8.43. The van der Waals surface area contributed by atoms with Gasteiger partial charge in [0.2, 0.25) is 5.91 Å². The lowest BCUT2D eigenvalue weighted by molar-refractivity contribution is -0.123. The molecule has 0 rings (SSSR count). The first-order chi connectivity index (χ1) is 34.7. The molecule has 0 aromatic carbocycles. The van der Waals surface area contributed by atoms with Gasteiger partial charge in [-0.25, -0.2) is 0 Å². The summed E-state index contributed by atoms with van der Waals surface area (Å²) in [6.45, 7) is 4.18. The van der Waals surface area contributed by atoms with Gasteiger partial charge in [-0.15, -0.1) is 0 Å². The van der Waals surface area contributed by atoms with Crippen LogP contribution in [0.2, 0.25) is 0 Å². The Morgan fingerprint density at radius 2 is 0.643 bits per heavy atom. The highest BCUT2D eigenvalue weighted by atomic mass is 16.3. The van der Waals surface area contributed by atoms with Gasteiger partial charge in [0, 0.05) is 6.42 Å². The number of unbranched alkanes of at least 4 members (excludes halogenated alkanes) is 28. The molecule has 3 N–H and O–H groups in total. The SMILES string of the molecule is CC/C=C\C/C=C\C/C=C\C/C=C\C/C=C\C/C=C\C/C=C\CCCCCCCC(=O)NC(CO)C(O)/C=C/CC/C=C/CC/C=C/CCCCCCCCCCCCCCCCCCCCCCC. The van der Waals surface area contributed by atoms with Crippen molar-refractivity contribution in [3.8, 4) is 0 Å². The number of nitrogens with one attached hydrogen (secondary N) is 1. The summed E-state index contributed by atoms with van der Waals surface area (Å²) in [6, 6.07) is -0.667. The second-order valence-electron chi connectivity index (χ2n) is 19.7. The Hall–Kier alpha value is -3.21. The largest absolute Gasteiger partial charge is 0.394 e. The van der Waals surface area contributed by atoms with Crippen molar-refractivity contribution >= 4 is 5.91 Å². The Morgan fingerprint density at radius 3 is 1.00 bits per heavy atom. The quantitative estimate of drug-likeness (QED) is 0.0420. The molecule has 0 aliphatic heterocycles. The van der Waals surface area contributed by atoms with E-state index < -0.39 is 12.1 Å². The summed E-state index contributed by atoms with van der Waals surface area (Å²) in [4.78, 5) is 12.5. The predicted octanol–water partition coefficient (Wildman–Crippen LogP) is 20.0. The Kier molecular flexibility index (Phi) is 57.3. The molecule has 0 bridgehead atoms. The number of amides is 1. The second-order valence-corrected chi connectivity index (χ2v) is 19.7. The number of carbonyl (C=O) groups is 1. The van der Waals surface area contributed by atoms with Crippen LogP contribution in [0.1, 0.15) is 271 Å². The van der Waals surface area contributed by atoms with E-state index in [0.717, 1.165) is 96.3 Å². The van der Waals surface area contributed by atoms with Crippen LogP contribution in [0.4, 0.5) is 0 Å². The Bertz CT molecular complexity index is 1380. The van der Waals surface area contributed by atoms with Crippen LogP contribution >= 0.6 is 0 Å². The molecule has 2 atom stereocenters. The topological polar surface area (TPSA) is 69.6 Å². The zero-order chi connectivity index (χ0) is 50.6. The average Bonchev–Trinajstić information content (AvgIpc) is 3.36. The number of carbonyl (C=O) groups excluding carboxylic acids is 1. The Labute approximate surface area is 435 Å². The lowest BCUT2D eigenvalue weighted by Crippen LogP contribution is -2.45. The first-order valence-electron chi connectivity index (χ1n) is 29.7. The minimum atomic E-state index is -0.890. The highest BCUT2D eigenvalue weighted by Gasteiger charge is 2.18. The van der Waals surface area contributed by atoms with E-state index in [1.807, 2.05) is 6.08 Å². The molecule has 0 saturated heterocycles. The van der Waals surface area contributed by atoms with Gasteiger partial charge in [-0.3, -0.25) is 4.79 Å². The summed E-state index contributed by atoms with van der Waals surface area (Å²) in [5.41, 5.74) is 0. The standard InChI is InChI=1S/C66H113NO3/c1-3-5-7-9-11-13-15-17-19-21-23-25-27-29-31-32-33-34-36-37-39-41-43-45-47-49-51-53-55-57-59-61-65(69)64(63-68)67-66(70)62-60-58-56-54-52-50-48-46-44-42-40-38-35-30-28-26-24-22-20-18-16-14-12-10-8-6-4-2/h6,8,12,14,18,20,24,26,30,35,40,42-43,45-46,48,51,53,59,61,64-65,68-69H,3-5,7,9-11,13,15-17,19,21-23,25,27-29,31-34,36-39,41,44,47,49-50,52,54-58,60,62-63H2,1-2H3,(H,67,70)/b8-6-,14-12-,20-18-,26-24-,35-30-,42-40-,45-43+,48-46-,53-51+,61-59+. The van der Waals surface area contributed by atoms with Crippen LogP contribution in [0.25, 0.3) is 0 Å². The summed E-state index contributed by atoms with van der Waals surface area (Å²) < 4.78 is 0. The van der Waals surface area contributed by atoms with Gasteiger partial charge in [0.15, 0.2) is 0 Å². The van der Waals surface area contributed by atoms with Crippen LogP contribution in [0.5, 0.6) is 0 Å². The highest BCUT2D eigenvalue weighted by molar-refractivity contribution is 5.76. The number of rotatable bonds is 53. The van der Waals surface area contributed by atoms with Gasteiger partial charge in [-0.05, 0) is 103 Å². The minimum absolute atomic E-state index is 0.100. The maximum atomic E-state index is 12.5. The van der Waals surface area contributed by atoms with Crippen molar-refractivity contribution in [1.29, 1.82) is 0 Å². The van der Waals surface area contributed by atoms with Gasteiger partial charge in [0.05, 0.1) is 18.8 Å². The summed E-state index contributed by atoms with van der Waals surface area (Å²) >= 11 is 0. The maximum absolute atomic E-state index is 12.5. The van der Waals surface area contributed by atoms with Crippen molar-refractivity contribution in [1.82, 2.24) is 5.32 Å². The molecule has 0 aliphatic rings. The van der Waals surface area contributed by atoms with Gasteiger partial charge < -0.3 is 15.5 Å². The third kappa shape index (κ3) is 55.7. The zero-order valence-corrected chi connectivity index (χ0v) is 46.0. The molecular weight excluding hydrogens is 855 g/mol. The average molecular weight is 969 g/mol. The van der Waals surface area contributed by atoms with E-state index in [0.29, 0.717) is 6.42 Å². The van der Waals surface area contributed by atoms with Crippen LogP contribution in [-0.2, 0) is 4.79 Å². The first kappa shape index (κ1) is 66.8. The van der Waals surface area contributed by atoms with Gasteiger partial charge in [-0.2, -0.15) is 0 Å². The van der Waals surface area contributed by atoms with Crippen molar-refractivity contribution < 1.29 is 15.0 Å². The van der Waals surface area contributed by atoms with Crippen molar-refractivity contribution in [2.24, 2.45) is 0 Å². The summed E-state index contributed by atoms with van der Waals surface area (Å²) in [5, 5.41) is 23.2. The smallest absolute Gasteiger partial charge is 0.220 e. The maximum Gasteiger partial charge on any atom is 0.220 e. The fraction of sp³-hybridized carbons (Fsp3) is 0.682. The molecule has 4 nitrogen and oxygen atoms in total. The highest BCUT2D eigenvalue weighted by Crippen LogP contribution is 2.16. The van der Waals surface area contributed by atoms with Crippen molar-refractivity contribution in [3.63, 3.8) is 0 Å². The normalized spacial score (nSPS) is 13.7. The Balaban J connectivity index is 3.64. The van der Waals surface area contributed by atoms with E-state index in [1.165, 1.54) is 154 Å². The molecule has 4 heteroatoms. The molecule has 400 valence electrons. The van der Waals surface area contributed by atoms with E-state index in [-0.39, 0.29) is 12.5 Å². The molecule has 0 radical (unpaired) electrons. The van der Waals surface area contributed by atoms with Crippen LogP contribution in [0.15, 0.2) is 122 Å². The van der Waals surface area contributed by atoms with Crippen LogP contribution in [-0.4, -0.2) is 34.9 Å². The number of aliphatic hydroxyl groups excluding tert-OH is 2. The summed E-state index contributed by atoms with van der Waals surface area (Å²) in [7, 11) is 0. The molecular formula is C66H113NO3. The van der Waals surface area contributed by atoms with Crippen molar-refractivity contribution in [2.45, 2.75) is 283 Å². The van der Waals surface area contributed by atoms with Gasteiger partial charge in [0.1, 0.15) is 0 Å². The molecule has 2 unspecified atom stereocenters. The lowest BCUT2D eigenvalue weighted by Gasteiger charge is -2.19. The number of allylic oxidation sites excluding steroid dienone is 19. The fourth-order valence-electron chi connectivity index (χ4n) is 8.43. The summed E-state index contributed by atoms with van der Waals surface area (Å²) in [5.74, 6) is -0.100. The number of aliphatic hydroxyl groups is 2. The first-order valence-corrected chi connectivity index (χ1v) is 29.7. The predicted molar refractivity (Wildman–Crippen MR) is 312 cm³/mol. The van der Waals surface area contributed by atoms with E-state index >= 15 is 0 Å². The molecule has 0 saturated carbocycles. The third-order valence-corrected chi connectivity index (χ3v) is 12.9. The molecule has 0 heterocycles. The third-order valence-electron chi connectivity index (χ3n) is 12.9. The number of hydrogen-bond acceptors (Lipinski definition) is 3.